The molecule has 1 amide bonds. The summed E-state index contributed by atoms with van der Waals surface area (Å²) in [5.41, 5.74) is 4.86. The maximum atomic E-state index is 13.9. The van der Waals surface area contributed by atoms with Gasteiger partial charge in [-0.2, -0.15) is 0 Å². The first-order chi connectivity index (χ1) is 15.5. The van der Waals surface area contributed by atoms with Crippen molar-refractivity contribution in [3.63, 3.8) is 0 Å². The van der Waals surface area contributed by atoms with Crippen molar-refractivity contribution in [1.82, 2.24) is 0 Å². The van der Waals surface area contributed by atoms with E-state index in [-0.39, 0.29) is 17.6 Å². The Labute approximate surface area is 189 Å². The molecular weight excluding hydrogens is 400 g/mol. The Bertz CT molecular complexity index is 1080. The van der Waals surface area contributed by atoms with Gasteiger partial charge in [-0.1, -0.05) is 24.3 Å². The molecule has 0 fully saturated rings. The minimum absolute atomic E-state index is 0.0541. The fourth-order valence-electron chi connectivity index (χ4n) is 4.41. The van der Waals surface area contributed by atoms with Gasteiger partial charge in [-0.15, -0.1) is 0 Å². The van der Waals surface area contributed by atoms with Crippen LogP contribution in [0.5, 0.6) is 11.5 Å². The van der Waals surface area contributed by atoms with Crippen LogP contribution in [-0.2, 0) is 17.8 Å². The minimum Gasteiger partial charge on any atom is -0.508 e. The lowest BCUT2D eigenvalue weighted by Crippen LogP contribution is -2.36. The van der Waals surface area contributed by atoms with Crippen LogP contribution >= 0.6 is 0 Å². The number of fused-ring (bicyclic) bond motifs is 1. The second-order valence-corrected chi connectivity index (χ2v) is 8.47. The van der Waals surface area contributed by atoms with Crippen molar-refractivity contribution in [2.24, 2.45) is 0 Å². The summed E-state index contributed by atoms with van der Waals surface area (Å²) in [4.78, 5) is 17.8. The van der Waals surface area contributed by atoms with Gasteiger partial charge in [0.25, 0.3) is 0 Å². The number of ether oxygens (including phenoxy) is 1. The van der Waals surface area contributed by atoms with E-state index in [2.05, 4.69) is 29.2 Å². The van der Waals surface area contributed by atoms with Crippen LogP contribution in [0, 0.1) is 0 Å². The highest BCUT2D eigenvalue weighted by atomic mass is 16.5. The second-order valence-electron chi connectivity index (χ2n) is 8.47. The molecule has 1 aliphatic carbocycles. The van der Waals surface area contributed by atoms with Crippen LogP contribution in [0.1, 0.15) is 35.4 Å². The molecule has 0 heterocycles. The molecule has 3 aromatic rings. The fraction of sp³-hybridized carbons (Fsp3) is 0.296. The van der Waals surface area contributed by atoms with Crippen molar-refractivity contribution in [2.75, 3.05) is 31.0 Å². The molecule has 1 atom stereocenters. The third-order valence-electron chi connectivity index (χ3n) is 6.22. The number of phenols is 1. The molecule has 1 unspecified atom stereocenters. The summed E-state index contributed by atoms with van der Waals surface area (Å²) in [6.07, 6.45) is 2.47. The molecule has 0 aliphatic heterocycles. The number of aromatic hydroxyl groups is 1. The number of hydrogen-bond acceptors (Lipinski definition) is 4. The number of rotatable bonds is 6. The first-order valence-electron chi connectivity index (χ1n) is 11.0. The van der Waals surface area contributed by atoms with Gasteiger partial charge in [-0.05, 0) is 78.4 Å². The molecule has 3 aromatic carbocycles. The predicted molar refractivity (Wildman–Crippen MR) is 129 cm³/mol. The topological polar surface area (TPSA) is 53.0 Å². The second kappa shape index (κ2) is 9.35. The fourth-order valence-corrected chi connectivity index (χ4v) is 4.41. The standard InChI is InChI=1S/C27H30N2O3/c1-28(2)20-12-10-19(11-13-20)18-29(21-14-16-22(32-3)17-15-21)27(31)25-8-4-7-24-23(25)6-5-9-26(24)30/h5-6,9-17,25,30H,4,7-8,18H2,1-3H3. The number of anilines is 2. The SMILES string of the molecule is COc1ccc(N(Cc2ccc(N(C)C)cc2)C(=O)C2CCCc3c(O)cccc32)cc1. The molecule has 166 valence electrons. The summed E-state index contributed by atoms with van der Waals surface area (Å²) in [6, 6.07) is 21.4. The smallest absolute Gasteiger partial charge is 0.234 e. The number of nitrogens with zero attached hydrogens (tertiary/aromatic N) is 2. The van der Waals surface area contributed by atoms with Crippen molar-refractivity contribution in [3.05, 3.63) is 83.4 Å². The average molecular weight is 431 g/mol. The minimum atomic E-state index is -0.269. The molecule has 0 saturated heterocycles. The molecule has 0 aromatic heterocycles. The summed E-state index contributed by atoms with van der Waals surface area (Å²) < 4.78 is 5.30. The Morgan fingerprint density at radius 2 is 1.69 bits per heavy atom. The molecule has 0 radical (unpaired) electrons. The summed E-state index contributed by atoms with van der Waals surface area (Å²) in [7, 11) is 5.66. The van der Waals surface area contributed by atoms with Crippen LogP contribution in [0.15, 0.2) is 66.7 Å². The van der Waals surface area contributed by atoms with Crippen molar-refractivity contribution in [3.8, 4) is 11.5 Å². The van der Waals surface area contributed by atoms with E-state index in [1.54, 1.807) is 13.2 Å². The van der Waals surface area contributed by atoms with Gasteiger partial charge in [-0.3, -0.25) is 4.79 Å². The Balaban J connectivity index is 1.69. The third kappa shape index (κ3) is 4.42. The van der Waals surface area contributed by atoms with Gasteiger partial charge in [0.1, 0.15) is 11.5 Å². The maximum absolute atomic E-state index is 13.9. The van der Waals surface area contributed by atoms with Gasteiger partial charge >= 0.3 is 0 Å². The molecule has 5 nitrogen and oxygen atoms in total. The Hall–Kier alpha value is -3.47. The van der Waals surface area contributed by atoms with Crippen LogP contribution in [-0.4, -0.2) is 32.2 Å². The molecule has 0 spiro atoms. The summed E-state index contributed by atoms with van der Waals surface area (Å²) in [5.74, 6) is 0.826. The summed E-state index contributed by atoms with van der Waals surface area (Å²) in [6.45, 7) is 0.476. The van der Waals surface area contributed by atoms with Crippen LogP contribution < -0.4 is 14.5 Å². The Kier molecular flexibility index (Phi) is 6.35. The van der Waals surface area contributed by atoms with Gasteiger partial charge < -0.3 is 19.6 Å². The molecule has 4 rings (SSSR count). The van der Waals surface area contributed by atoms with Gasteiger partial charge in [-0.25, -0.2) is 0 Å². The lowest BCUT2D eigenvalue weighted by Gasteiger charge is -2.31. The van der Waals surface area contributed by atoms with Crippen molar-refractivity contribution in [2.45, 2.75) is 31.7 Å². The predicted octanol–water partition coefficient (Wildman–Crippen LogP) is 5.12. The highest BCUT2D eigenvalue weighted by Crippen LogP contribution is 2.38. The number of hydrogen-bond donors (Lipinski definition) is 1. The van der Waals surface area contributed by atoms with Crippen molar-refractivity contribution in [1.29, 1.82) is 0 Å². The van der Waals surface area contributed by atoms with Crippen LogP contribution in [0.25, 0.3) is 0 Å². The Morgan fingerprint density at radius 1 is 1.00 bits per heavy atom. The van der Waals surface area contributed by atoms with E-state index in [4.69, 9.17) is 4.74 Å². The monoisotopic (exact) mass is 430 g/mol. The van der Waals surface area contributed by atoms with Crippen molar-refractivity contribution >= 4 is 17.3 Å². The van der Waals surface area contributed by atoms with E-state index in [0.717, 1.165) is 53.1 Å². The normalized spacial score (nSPS) is 15.0. The van der Waals surface area contributed by atoms with Crippen LogP contribution in [0.3, 0.4) is 0 Å². The van der Waals surface area contributed by atoms with E-state index < -0.39 is 0 Å². The van der Waals surface area contributed by atoms with E-state index in [1.165, 1.54) is 0 Å². The highest BCUT2D eigenvalue weighted by Gasteiger charge is 2.32. The molecule has 1 N–H and O–H groups in total. The first kappa shape index (κ1) is 21.8. The number of carbonyl (C=O) groups is 1. The third-order valence-corrected chi connectivity index (χ3v) is 6.22. The zero-order valence-electron chi connectivity index (χ0n) is 18.9. The molecule has 0 saturated carbocycles. The van der Waals surface area contributed by atoms with E-state index in [0.29, 0.717) is 6.54 Å². The number of phenolic OH excluding ortho intramolecular Hbond substituents is 1. The molecule has 1 aliphatic rings. The molecule has 32 heavy (non-hydrogen) atoms. The van der Waals surface area contributed by atoms with Gasteiger partial charge in [0, 0.05) is 25.5 Å². The lowest BCUT2D eigenvalue weighted by atomic mass is 9.81. The van der Waals surface area contributed by atoms with Crippen molar-refractivity contribution < 1.29 is 14.6 Å². The van der Waals surface area contributed by atoms with Gasteiger partial charge in [0.2, 0.25) is 5.91 Å². The summed E-state index contributed by atoms with van der Waals surface area (Å²) >= 11 is 0. The average Bonchev–Trinajstić information content (AvgIpc) is 2.82. The highest BCUT2D eigenvalue weighted by molar-refractivity contribution is 5.98. The molecule has 0 bridgehead atoms. The summed E-state index contributed by atoms with van der Waals surface area (Å²) in [5, 5.41) is 10.3. The number of methoxy groups -OCH3 is 1. The van der Waals surface area contributed by atoms with E-state index >= 15 is 0 Å². The number of carbonyl (C=O) groups excluding carboxylic acids is 1. The van der Waals surface area contributed by atoms with Crippen LogP contribution in [0.2, 0.25) is 0 Å². The number of amides is 1. The van der Waals surface area contributed by atoms with Gasteiger partial charge in [0.15, 0.2) is 0 Å². The van der Waals surface area contributed by atoms with Gasteiger partial charge in [0.05, 0.1) is 19.6 Å². The van der Waals surface area contributed by atoms with E-state index in [1.807, 2.05) is 55.4 Å². The zero-order chi connectivity index (χ0) is 22.7. The maximum Gasteiger partial charge on any atom is 0.234 e. The van der Waals surface area contributed by atoms with Crippen LogP contribution in [0.4, 0.5) is 11.4 Å². The Morgan fingerprint density at radius 3 is 2.34 bits per heavy atom. The number of benzene rings is 3. The molecular formula is C27H30N2O3. The molecule has 5 heteroatoms. The quantitative estimate of drug-likeness (QED) is 0.590. The first-order valence-corrected chi connectivity index (χ1v) is 11.0. The lowest BCUT2D eigenvalue weighted by molar-refractivity contribution is -0.120. The largest absolute Gasteiger partial charge is 0.508 e. The zero-order valence-corrected chi connectivity index (χ0v) is 18.9. The van der Waals surface area contributed by atoms with E-state index in [9.17, 15) is 9.90 Å².